The van der Waals surface area contributed by atoms with E-state index >= 15 is 0 Å². The number of fused-ring (bicyclic) bond motifs is 1. The largest absolute Gasteiger partial charge is 0.479 e. The van der Waals surface area contributed by atoms with E-state index in [0.717, 1.165) is 17.4 Å². The van der Waals surface area contributed by atoms with Crippen LogP contribution in [0.5, 0.6) is 5.88 Å². The summed E-state index contributed by atoms with van der Waals surface area (Å²) in [6.45, 7) is 4.41. The van der Waals surface area contributed by atoms with Gasteiger partial charge in [-0.1, -0.05) is 24.8 Å². The number of aryl methyl sites for hydroxylation is 1. The minimum absolute atomic E-state index is 0.242. The van der Waals surface area contributed by atoms with Crippen molar-refractivity contribution in [3.63, 3.8) is 0 Å². The van der Waals surface area contributed by atoms with Crippen LogP contribution < -0.4 is 20.3 Å². The maximum atomic E-state index is 13.6. The molecule has 0 fully saturated rings. The number of para-hydroxylation sites is 1. The average molecular weight is 520 g/mol. The highest BCUT2D eigenvalue weighted by molar-refractivity contribution is 6.03. The van der Waals surface area contributed by atoms with Crippen molar-refractivity contribution in [1.82, 2.24) is 29.6 Å². The van der Waals surface area contributed by atoms with Crippen molar-refractivity contribution in [2.24, 2.45) is 7.05 Å². The third-order valence-electron chi connectivity index (χ3n) is 5.80. The van der Waals surface area contributed by atoms with Gasteiger partial charge >= 0.3 is 0 Å². The van der Waals surface area contributed by atoms with Gasteiger partial charge in [0.15, 0.2) is 11.6 Å². The van der Waals surface area contributed by atoms with Crippen LogP contribution in [0.4, 0.5) is 27.5 Å². The molecule has 0 radical (unpaired) electrons. The highest BCUT2D eigenvalue weighted by atomic mass is 19.1. The zero-order valence-corrected chi connectivity index (χ0v) is 22.0. The van der Waals surface area contributed by atoms with Crippen molar-refractivity contribution in [3.8, 4) is 17.3 Å². The zero-order valence-electron chi connectivity index (χ0n) is 22.0. The number of benzene rings is 1. The Hall–Kier alpha value is -4.58. The lowest BCUT2D eigenvalue weighted by molar-refractivity contribution is -0.114. The van der Waals surface area contributed by atoms with E-state index in [0.29, 0.717) is 29.4 Å². The van der Waals surface area contributed by atoms with Crippen LogP contribution in [0.25, 0.3) is 22.3 Å². The molecule has 0 aliphatic heterocycles. The van der Waals surface area contributed by atoms with Gasteiger partial charge in [0.1, 0.15) is 11.4 Å². The predicted octanol–water partition coefficient (Wildman–Crippen LogP) is 3.60. The molecule has 198 valence electrons. The summed E-state index contributed by atoms with van der Waals surface area (Å²) >= 11 is 0. The van der Waals surface area contributed by atoms with E-state index in [1.165, 1.54) is 7.11 Å². The van der Waals surface area contributed by atoms with Gasteiger partial charge in [-0.2, -0.15) is 10.1 Å². The monoisotopic (exact) mass is 519 g/mol. The molecular formula is C26H30FN9O2. The molecule has 4 aromatic rings. The van der Waals surface area contributed by atoms with Crippen molar-refractivity contribution in [2.45, 2.75) is 0 Å². The number of amides is 1. The fourth-order valence-corrected chi connectivity index (χ4v) is 3.84. The summed E-state index contributed by atoms with van der Waals surface area (Å²) in [6.07, 6.45) is 1.62. The molecule has 0 saturated carbocycles. The predicted molar refractivity (Wildman–Crippen MR) is 147 cm³/mol. The highest BCUT2D eigenvalue weighted by Gasteiger charge is 2.20. The van der Waals surface area contributed by atoms with Gasteiger partial charge in [-0.25, -0.2) is 14.4 Å². The highest BCUT2D eigenvalue weighted by Crippen LogP contribution is 2.35. The Bertz CT molecular complexity index is 1490. The molecule has 12 heteroatoms. The number of pyridine rings is 1. The Balaban J connectivity index is 1.72. The second-order valence-corrected chi connectivity index (χ2v) is 8.88. The molecule has 0 aliphatic carbocycles. The van der Waals surface area contributed by atoms with Crippen LogP contribution in [0, 0.1) is 0 Å². The van der Waals surface area contributed by atoms with E-state index in [1.54, 1.807) is 23.0 Å². The van der Waals surface area contributed by atoms with Crippen LogP contribution >= 0.6 is 0 Å². The number of likely N-dealkylation sites (N-methyl/N-ethyl adjacent to an activating group) is 2. The van der Waals surface area contributed by atoms with Crippen LogP contribution in [0.2, 0.25) is 0 Å². The van der Waals surface area contributed by atoms with Crippen molar-refractivity contribution in [2.75, 3.05) is 56.9 Å². The lowest BCUT2D eigenvalue weighted by atomic mass is 10.1. The number of aromatic nitrogens is 5. The normalized spacial score (nSPS) is 11.0. The topological polar surface area (TPSA) is 113 Å². The van der Waals surface area contributed by atoms with Crippen molar-refractivity contribution < 1.29 is 13.9 Å². The second kappa shape index (κ2) is 11.2. The number of nitrogens with one attached hydrogen (secondary N) is 2. The van der Waals surface area contributed by atoms with Gasteiger partial charge in [-0.15, -0.1) is 0 Å². The number of ether oxygens (including phenoxy) is 1. The summed E-state index contributed by atoms with van der Waals surface area (Å²) in [5.74, 6) is -1.18. The van der Waals surface area contributed by atoms with Gasteiger partial charge in [0.2, 0.25) is 11.8 Å². The molecule has 0 spiro atoms. The Morgan fingerprint density at radius 2 is 1.89 bits per heavy atom. The molecule has 11 nitrogen and oxygen atoms in total. The molecule has 0 saturated heterocycles. The van der Waals surface area contributed by atoms with E-state index in [1.807, 2.05) is 62.3 Å². The van der Waals surface area contributed by atoms with E-state index < -0.39 is 11.7 Å². The lowest BCUT2D eigenvalue weighted by Crippen LogP contribution is -2.30. The number of halogens is 1. The molecular weight excluding hydrogens is 489 g/mol. The van der Waals surface area contributed by atoms with Crippen LogP contribution in [-0.2, 0) is 11.8 Å². The van der Waals surface area contributed by atoms with E-state index in [9.17, 15) is 9.18 Å². The number of methoxy groups -OCH3 is 1. The van der Waals surface area contributed by atoms with Gasteiger partial charge in [-0.05, 0) is 32.3 Å². The van der Waals surface area contributed by atoms with E-state index in [2.05, 4.69) is 37.3 Å². The van der Waals surface area contributed by atoms with Gasteiger partial charge in [0.25, 0.3) is 5.91 Å². The average Bonchev–Trinajstić information content (AvgIpc) is 3.24. The number of anilines is 4. The molecule has 3 heterocycles. The Morgan fingerprint density at radius 3 is 2.61 bits per heavy atom. The summed E-state index contributed by atoms with van der Waals surface area (Å²) in [7, 11) is 9.08. The number of hydrogen-bond acceptors (Lipinski definition) is 9. The minimum atomic E-state index is -1.11. The summed E-state index contributed by atoms with van der Waals surface area (Å²) < 4.78 is 20.9. The molecule has 1 amide bonds. The molecule has 3 aromatic heterocycles. The minimum Gasteiger partial charge on any atom is -0.479 e. The van der Waals surface area contributed by atoms with Gasteiger partial charge in [-0.3, -0.25) is 9.48 Å². The first-order valence-electron chi connectivity index (χ1n) is 11.8. The summed E-state index contributed by atoms with van der Waals surface area (Å²) in [5, 5.41) is 11.2. The Kier molecular flexibility index (Phi) is 7.82. The zero-order chi connectivity index (χ0) is 27.4. The van der Waals surface area contributed by atoms with Crippen LogP contribution in [0.15, 0.2) is 55.0 Å². The first-order valence-corrected chi connectivity index (χ1v) is 11.8. The second-order valence-electron chi connectivity index (χ2n) is 8.88. The van der Waals surface area contributed by atoms with Crippen molar-refractivity contribution in [3.05, 3.63) is 55.0 Å². The number of hydrogen-bond donors (Lipinski definition) is 2. The third kappa shape index (κ3) is 5.70. The van der Waals surface area contributed by atoms with Gasteiger partial charge < -0.3 is 25.2 Å². The lowest BCUT2D eigenvalue weighted by Gasteiger charge is -2.24. The molecule has 0 aliphatic rings. The standard InChI is InChI=1S/C26H30FN9O2/c1-16(27)24(37)29-19-15-20(25(38-6)32-23(19)35(4)14-13-34(2)3)31-26-28-12-11-18(30-26)22-17-9-7-8-10-21(17)36(5)33-22/h7-12,15H,1,13-14H2,2-6H3,(H,29,37)(H,28,30,31). The molecule has 38 heavy (non-hydrogen) atoms. The first-order chi connectivity index (χ1) is 18.2. The summed E-state index contributed by atoms with van der Waals surface area (Å²) in [5.41, 5.74) is 2.95. The van der Waals surface area contributed by atoms with E-state index in [-0.39, 0.29) is 17.5 Å². The van der Waals surface area contributed by atoms with Gasteiger partial charge in [0.05, 0.1) is 24.0 Å². The van der Waals surface area contributed by atoms with Crippen LogP contribution in [-0.4, -0.2) is 76.9 Å². The molecule has 4 rings (SSSR count). The molecule has 0 atom stereocenters. The fraction of sp³-hybridized carbons (Fsp3) is 0.269. The summed E-state index contributed by atoms with van der Waals surface area (Å²) in [4.78, 5) is 29.6. The maximum absolute atomic E-state index is 13.6. The molecule has 2 N–H and O–H groups in total. The fourth-order valence-electron chi connectivity index (χ4n) is 3.84. The molecule has 0 unspecified atom stereocenters. The SMILES string of the molecule is C=C(F)C(=O)Nc1cc(Nc2nccc(-c3nn(C)c4ccccc34)n2)c(OC)nc1N(C)CCN(C)C. The first kappa shape index (κ1) is 26.5. The van der Waals surface area contributed by atoms with Crippen LogP contribution in [0.3, 0.4) is 0 Å². The quantitative estimate of drug-likeness (QED) is 0.303. The Morgan fingerprint density at radius 1 is 1.13 bits per heavy atom. The number of nitrogens with zero attached hydrogens (tertiary/aromatic N) is 7. The number of carbonyl (C=O) groups excluding carboxylic acids is 1. The maximum Gasteiger partial charge on any atom is 0.283 e. The van der Waals surface area contributed by atoms with Crippen molar-refractivity contribution in [1.29, 1.82) is 0 Å². The number of rotatable bonds is 10. The third-order valence-corrected chi connectivity index (χ3v) is 5.80. The molecule has 1 aromatic carbocycles. The van der Waals surface area contributed by atoms with Crippen LogP contribution in [0.1, 0.15) is 0 Å². The summed E-state index contributed by atoms with van der Waals surface area (Å²) in [6, 6.07) is 11.2. The number of carbonyl (C=O) groups is 1. The smallest absolute Gasteiger partial charge is 0.283 e. The molecule has 0 bridgehead atoms. The Labute approximate surface area is 220 Å². The van der Waals surface area contributed by atoms with Crippen molar-refractivity contribution >= 4 is 40.0 Å². The van der Waals surface area contributed by atoms with E-state index in [4.69, 9.17) is 4.74 Å². The van der Waals surface area contributed by atoms with Gasteiger partial charge in [0, 0.05) is 38.8 Å².